The molecular weight excluding hydrogens is 384 g/mol. The van der Waals surface area contributed by atoms with Gasteiger partial charge in [-0.05, 0) is 31.4 Å². The molecule has 8 nitrogen and oxygen atoms in total. The summed E-state index contributed by atoms with van der Waals surface area (Å²) in [6, 6.07) is 7.87. The Labute approximate surface area is 177 Å². The van der Waals surface area contributed by atoms with Gasteiger partial charge < -0.3 is 14.2 Å². The van der Waals surface area contributed by atoms with Crippen molar-refractivity contribution in [2.45, 2.75) is 51.6 Å². The van der Waals surface area contributed by atoms with E-state index in [1.807, 2.05) is 29.2 Å². The second kappa shape index (κ2) is 10.5. The highest BCUT2D eigenvalue weighted by molar-refractivity contribution is 5.81. The number of carbonyl (C=O) groups excluding carboxylic acids is 2. The van der Waals surface area contributed by atoms with Crippen molar-refractivity contribution in [3.63, 3.8) is 0 Å². The van der Waals surface area contributed by atoms with Gasteiger partial charge in [0, 0.05) is 20.2 Å². The number of hydroxylamine groups is 2. The molecule has 2 unspecified atom stereocenters. The summed E-state index contributed by atoms with van der Waals surface area (Å²) in [7, 11) is 1.68. The van der Waals surface area contributed by atoms with Gasteiger partial charge in [-0.25, -0.2) is 10.0 Å². The first-order valence-electron chi connectivity index (χ1n) is 10.8. The number of unbranched alkanes of at least 4 members (excludes halogenated alkanes) is 1. The SMILES string of the molecule is CCCCC(CN(O)C=O)C(=O)N1CCCC1c1nc2ccccc2n1CCOC. The molecule has 2 atom stereocenters. The monoisotopic (exact) mass is 416 g/mol. The van der Waals surface area contributed by atoms with E-state index in [2.05, 4.69) is 11.5 Å². The van der Waals surface area contributed by atoms with Crippen LogP contribution in [-0.2, 0) is 20.9 Å². The highest BCUT2D eigenvalue weighted by Gasteiger charge is 2.37. The second-order valence-electron chi connectivity index (χ2n) is 7.86. The average Bonchev–Trinajstić information content (AvgIpc) is 3.38. The lowest BCUT2D eigenvalue weighted by Crippen LogP contribution is -2.41. The van der Waals surface area contributed by atoms with E-state index >= 15 is 0 Å². The van der Waals surface area contributed by atoms with Gasteiger partial charge >= 0.3 is 0 Å². The number of imidazole rings is 1. The van der Waals surface area contributed by atoms with E-state index < -0.39 is 5.92 Å². The number of benzene rings is 1. The molecule has 8 heteroatoms. The van der Waals surface area contributed by atoms with Gasteiger partial charge in [-0.15, -0.1) is 0 Å². The Hall–Kier alpha value is -2.45. The number of methoxy groups -OCH3 is 1. The molecule has 2 aromatic rings. The summed E-state index contributed by atoms with van der Waals surface area (Å²) in [6.45, 7) is 3.97. The molecule has 1 aliphatic heterocycles. The Bertz CT molecular complexity index is 853. The van der Waals surface area contributed by atoms with Gasteiger partial charge in [-0.1, -0.05) is 31.9 Å². The van der Waals surface area contributed by atoms with E-state index in [0.717, 1.165) is 42.5 Å². The predicted molar refractivity (Wildman–Crippen MR) is 113 cm³/mol. The number of aromatic nitrogens is 2. The van der Waals surface area contributed by atoms with E-state index in [1.165, 1.54) is 0 Å². The number of likely N-dealkylation sites (tertiary alicyclic amines) is 1. The van der Waals surface area contributed by atoms with Crippen molar-refractivity contribution in [2.75, 3.05) is 26.8 Å². The summed E-state index contributed by atoms with van der Waals surface area (Å²) < 4.78 is 7.45. The molecular formula is C22H32N4O4. The van der Waals surface area contributed by atoms with Gasteiger partial charge in [0.1, 0.15) is 5.82 Å². The molecule has 1 N–H and O–H groups in total. The lowest BCUT2D eigenvalue weighted by atomic mass is 9.99. The van der Waals surface area contributed by atoms with Gasteiger partial charge in [0.05, 0.1) is 36.1 Å². The number of nitrogens with zero attached hydrogens (tertiary/aromatic N) is 4. The average molecular weight is 417 g/mol. The maximum Gasteiger partial charge on any atom is 0.233 e. The summed E-state index contributed by atoms with van der Waals surface area (Å²) in [5.41, 5.74) is 1.95. The van der Waals surface area contributed by atoms with Crippen molar-refractivity contribution in [1.29, 1.82) is 0 Å². The number of ether oxygens (including phenoxy) is 1. The van der Waals surface area contributed by atoms with Gasteiger partial charge in [0.25, 0.3) is 0 Å². The third-order valence-electron chi connectivity index (χ3n) is 5.82. The first-order chi connectivity index (χ1) is 14.6. The maximum absolute atomic E-state index is 13.4. The van der Waals surface area contributed by atoms with Crippen molar-refractivity contribution < 1.29 is 19.5 Å². The molecule has 1 aromatic heterocycles. The smallest absolute Gasteiger partial charge is 0.233 e. The van der Waals surface area contributed by atoms with E-state index in [-0.39, 0.29) is 18.5 Å². The minimum atomic E-state index is -0.419. The highest BCUT2D eigenvalue weighted by atomic mass is 16.5. The Morgan fingerprint density at radius 2 is 2.23 bits per heavy atom. The number of hydrogen-bond donors (Lipinski definition) is 1. The molecule has 2 heterocycles. The van der Waals surface area contributed by atoms with Gasteiger partial charge in [-0.2, -0.15) is 0 Å². The molecule has 0 bridgehead atoms. The van der Waals surface area contributed by atoms with Gasteiger partial charge in [0.15, 0.2) is 0 Å². The standard InChI is InChI=1S/C22H32N4O4/c1-3-4-8-17(15-24(29)16-27)22(28)26-12-7-11-20(26)21-23-18-9-5-6-10-19(18)25(21)13-14-30-2/h5-6,9-10,16-17,20,29H,3-4,7-8,11-15H2,1-2H3. The van der Waals surface area contributed by atoms with Crippen LogP contribution in [0.4, 0.5) is 0 Å². The van der Waals surface area contributed by atoms with Crippen LogP contribution < -0.4 is 0 Å². The van der Waals surface area contributed by atoms with Crippen LogP contribution in [0.25, 0.3) is 11.0 Å². The summed E-state index contributed by atoms with van der Waals surface area (Å²) >= 11 is 0. The van der Waals surface area contributed by atoms with E-state index in [4.69, 9.17) is 9.72 Å². The summed E-state index contributed by atoms with van der Waals surface area (Å²) in [5, 5.41) is 10.3. The zero-order valence-electron chi connectivity index (χ0n) is 17.9. The normalized spacial score (nSPS) is 17.4. The molecule has 2 amide bonds. The highest BCUT2D eigenvalue weighted by Crippen LogP contribution is 2.35. The first-order valence-corrected chi connectivity index (χ1v) is 10.8. The molecule has 0 spiro atoms. The Morgan fingerprint density at radius 3 is 2.97 bits per heavy atom. The summed E-state index contributed by atoms with van der Waals surface area (Å²) in [6.07, 6.45) is 4.57. The van der Waals surface area contributed by atoms with Gasteiger partial charge in [-0.3, -0.25) is 14.8 Å². The molecule has 164 valence electrons. The Kier molecular flexibility index (Phi) is 7.81. The molecule has 1 fully saturated rings. The Balaban J connectivity index is 1.90. The van der Waals surface area contributed by atoms with Crippen LogP contribution in [0.3, 0.4) is 0 Å². The molecule has 1 aromatic carbocycles. The molecule has 0 radical (unpaired) electrons. The van der Waals surface area contributed by atoms with Crippen LogP contribution in [0.15, 0.2) is 24.3 Å². The fourth-order valence-electron chi connectivity index (χ4n) is 4.31. The second-order valence-corrected chi connectivity index (χ2v) is 7.86. The number of para-hydroxylation sites is 2. The number of fused-ring (bicyclic) bond motifs is 1. The van der Waals surface area contributed by atoms with Crippen LogP contribution in [0.2, 0.25) is 0 Å². The summed E-state index contributed by atoms with van der Waals surface area (Å²) in [5.74, 6) is 0.444. The number of amides is 2. The van der Waals surface area contributed by atoms with E-state index in [9.17, 15) is 14.8 Å². The number of hydrogen-bond acceptors (Lipinski definition) is 5. The fourth-order valence-corrected chi connectivity index (χ4v) is 4.31. The minimum absolute atomic E-state index is 0.0165. The zero-order chi connectivity index (χ0) is 21.5. The van der Waals surface area contributed by atoms with Crippen molar-refractivity contribution in [3.05, 3.63) is 30.1 Å². The first kappa shape index (κ1) is 22.2. The van der Waals surface area contributed by atoms with Crippen molar-refractivity contribution in [2.24, 2.45) is 5.92 Å². The third-order valence-corrected chi connectivity index (χ3v) is 5.82. The predicted octanol–water partition coefficient (Wildman–Crippen LogP) is 3.00. The third kappa shape index (κ3) is 4.82. The van der Waals surface area contributed by atoms with Crippen LogP contribution in [0.5, 0.6) is 0 Å². The molecule has 1 aliphatic rings. The molecule has 0 saturated carbocycles. The maximum atomic E-state index is 13.4. The van der Waals surface area contributed by atoms with Crippen LogP contribution >= 0.6 is 0 Å². The molecule has 30 heavy (non-hydrogen) atoms. The van der Waals surface area contributed by atoms with Crippen LogP contribution in [-0.4, -0.2) is 63.8 Å². The molecule has 1 saturated heterocycles. The van der Waals surface area contributed by atoms with Crippen molar-refractivity contribution in [3.8, 4) is 0 Å². The zero-order valence-corrected chi connectivity index (χ0v) is 17.9. The van der Waals surface area contributed by atoms with Crippen molar-refractivity contribution in [1.82, 2.24) is 19.5 Å². The minimum Gasteiger partial charge on any atom is -0.383 e. The lowest BCUT2D eigenvalue weighted by Gasteiger charge is -2.30. The van der Waals surface area contributed by atoms with Crippen LogP contribution in [0.1, 0.15) is 50.9 Å². The Morgan fingerprint density at radius 1 is 1.43 bits per heavy atom. The van der Waals surface area contributed by atoms with E-state index in [1.54, 1.807) is 7.11 Å². The van der Waals surface area contributed by atoms with Crippen LogP contribution in [0, 0.1) is 5.92 Å². The molecule has 3 rings (SSSR count). The topological polar surface area (TPSA) is 87.9 Å². The van der Waals surface area contributed by atoms with Crippen molar-refractivity contribution >= 4 is 23.4 Å². The number of rotatable bonds is 11. The lowest BCUT2D eigenvalue weighted by molar-refractivity contribution is -0.157. The van der Waals surface area contributed by atoms with Gasteiger partial charge in [0.2, 0.25) is 12.3 Å². The number of carbonyl (C=O) groups is 2. The summed E-state index contributed by atoms with van der Waals surface area (Å²) in [4.78, 5) is 31.1. The quantitative estimate of drug-likeness (QED) is 0.346. The molecule has 0 aliphatic carbocycles. The fraction of sp³-hybridized carbons (Fsp3) is 0.591. The van der Waals surface area contributed by atoms with E-state index in [0.29, 0.717) is 37.6 Å². The largest absolute Gasteiger partial charge is 0.383 e.